The summed E-state index contributed by atoms with van der Waals surface area (Å²) in [6.07, 6.45) is 1.57. The Morgan fingerprint density at radius 1 is 1.36 bits per heavy atom. The van der Waals surface area contributed by atoms with Gasteiger partial charge in [-0.05, 0) is 43.7 Å². The molecular weight excluding hydrogens is 316 g/mol. The van der Waals surface area contributed by atoms with Crippen molar-refractivity contribution >= 4 is 11.0 Å². The molecule has 0 radical (unpaired) electrons. The van der Waals surface area contributed by atoms with Gasteiger partial charge in [-0.25, -0.2) is 4.98 Å². The fourth-order valence-electron chi connectivity index (χ4n) is 3.35. The van der Waals surface area contributed by atoms with E-state index >= 15 is 0 Å². The van der Waals surface area contributed by atoms with E-state index in [-0.39, 0.29) is 6.10 Å². The third-order valence-corrected chi connectivity index (χ3v) is 5.07. The minimum Gasteiger partial charge on any atom is -0.390 e. The number of aliphatic hydroxyl groups is 1. The van der Waals surface area contributed by atoms with Gasteiger partial charge in [0.15, 0.2) is 0 Å². The fraction of sp³-hybridized carbons (Fsp3) is 0.632. The van der Waals surface area contributed by atoms with Gasteiger partial charge in [0.1, 0.15) is 0 Å². The molecule has 3 rings (SSSR count). The fourth-order valence-corrected chi connectivity index (χ4v) is 3.35. The highest BCUT2D eigenvalue weighted by Gasteiger charge is 2.19. The van der Waals surface area contributed by atoms with Crippen LogP contribution < -0.4 is 5.32 Å². The molecule has 1 saturated heterocycles. The number of aryl methyl sites for hydroxylation is 2. The molecule has 0 spiro atoms. The third-order valence-electron chi connectivity index (χ3n) is 5.07. The molecule has 2 atom stereocenters. The average molecular weight is 346 g/mol. The summed E-state index contributed by atoms with van der Waals surface area (Å²) in [6.45, 7) is 12.1. The summed E-state index contributed by atoms with van der Waals surface area (Å²) in [6, 6.07) is 4.25. The van der Waals surface area contributed by atoms with Gasteiger partial charge in [0.2, 0.25) is 0 Å². The summed E-state index contributed by atoms with van der Waals surface area (Å²) in [5.41, 5.74) is 4.56. The van der Waals surface area contributed by atoms with Crippen LogP contribution in [0.2, 0.25) is 0 Å². The first-order chi connectivity index (χ1) is 12.1. The molecule has 6 heteroatoms. The van der Waals surface area contributed by atoms with Gasteiger partial charge in [0.05, 0.1) is 42.7 Å². The Bertz CT molecular complexity index is 700. The van der Waals surface area contributed by atoms with Gasteiger partial charge >= 0.3 is 0 Å². The Balaban J connectivity index is 1.49. The van der Waals surface area contributed by atoms with Crippen molar-refractivity contribution in [2.45, 2.75) is 39.5 Å². The second-order valence-corrected chi connectivity index (χ2v) is 7.02. The smallest absolute Gasteiger partial charge is 0.0959 e. The number of hydrogen-bond donors (Lipinski definition) is 2. The SMILES string of the molecule is CCN1CCO[C@H](CNC[C@H](O)Cn2cnc3cc(C)c(C)cc32)C1. The number of imidazole rings is 1. The summed E-state index contributed by atoms with van der Waals surface area (Å²) in [5.74, 6) is 0. The maximum absolute atomic E-state index is 10.4. The number of fused-ring (bicyclic) bond motifs is 1. The van der Waals surface area contributed by atoms with Gasteiger partial charge in [-0.2, -0.15) is 0 Å². The average Bonchev–Trinajstić information content (AvgIpc) is 2.97. The zero-order valence-electron chi connectivity index (χ0n) is 15.5. The van der Waals surface area contributed by atoms with Crippen molar-refractivity contribution in [1.29, 1.82) is 0 Å². The maximum atomic E-state index is 10.4. The highest BCUT2D eigenvalue weighted by Crippen LogP contribution is 2.18. The first-order valence-corrected chi connectivity index (χ1v) is 9.21. The van der Waals surface area contributed by atoms with Crippen LogP contribution in [-0.2, 0) is 11.3 Å². The van der Waals surface area contributed by atoms with Crippen LogP contribution in [-0.4, -0.2) is 71.1 Å². The Kier molecular flexibility index (Phi) is 6.06. The highest BCUT2D eigenvalue weighted by atomic mass is 16.5. The first kappa shape index (κ1) is 18.3. The number of likely N-dealkylation sites (N-methyl/N-ethyl adjacent to an activating group) is 1. The van der Waals surface area contributed by atoms with E-state index in [4.69, 9.17) is 4.74 Å². The number of morpholine rings is 1. The summed E-state index contributed by atoms with van der Waals surface area (Å²) in [4.78, 5) is 6.85. The normalized spacial score (nSPS) is 20.2. The summed E-state index contributed by atoms with van der Waals surface area (Å²) in [5, 5.41) is 13.7. The van der Waals surface area contributed by atoms with Crippen LogP contribution in [0.5, 0.6) is 0 Å². The Labute approximate surface area is 149 Å². The number of hydrogen-bond acceptors (Lipinski definition) is 5. The minimum atomic E-state index is -0.454. The molecule has 2 aromatic rings. The Morgan fingerprint density at radius 2 is 2.16 bits per heavy atom. The standard InChI is InChI=1S/C19H30N4O2/c1-4-22-5-6-25-17(12-22)10-20-9-16(24)11-23-13-21-18-7-14(2)15(3)8-19(18)23/h7-8,13,16-17,20,24H,4-6,9-12H2,1-3H3/t16-,17+/m0/s1. The van der Waals surface area contributed by atoms with Crippen LogP contribution in [0.25, 0.3) is 11.0 Å². The second-order valence-electron chi connectivity index (χ2n) is 7.02. The number of nitrogens with zero attached hydrogens (tertiary/aromatic N) is 3. The van der Waals surface area contributed by atoms with E-state index in [9.17, 15) is 5.11 Å². The van der Waals surface area contributed by atoms with E-state index in [2.05, 4.69) is 48.1 Å². The van der Waals surface area contributed by atoms with Crippen molar-refractivity contribution in [2.24, 2.45) is 0 Å². The van der Waals surface area contributed by atoms with Crippen molar-refractivity contribution in [1.82, 2.24) is 19.8 Å². The molecule has 2 heterocycles. The number of aliphatic hydroxyl groups excluding tert-OH is 1. The van der Waals surface area contributed by atoms with Crippen LogP contribution in [0.4, 0.5) is 0 Å². The van der Waals surface area contributed by atoms with Crippen LogP contribution >= 0.6 is 0 Å². The van der Waals surface area contributed by atoms with Gasteiger partial charge in [0.25, 0.3) is 0 Å². The van der Waals surface area contributed by atoms with Crippen molar-refractivity contribution in [2.75, 3.05) is 39.3 Å². The molecule has 1 aliphatic rings. The lowest BCUT2D eigenvalue weighted by molar-refractivity contribution is -0.0263. The Hall–Kier alpha value is -1.47. The molecule has 6 nitrogen and oxygen atoms in total. The molecule has 1 aromatic heterocycles. The Morgan fingerprint density at radius 3 is 2.96 bits per heavy atom. The quantitative estimate of drug-likeness (QED) is 0.792. The predicted molar refractivity (Wildman–Crippen MR) is 99.9 cm³/mol. The largest absolute Gasteiger partial charge is 0.390 e. The molecule has 25 heavy (non-hydrogen) atoms. The lowest BCUT2D eigenvalue weighted by Gasteiger charge is -2.32. The molecule has 0 amide bonds. The zero-order valence-corrected chi connectivity index (χ0v) is 15.5. The minimum absolute atomic E-state index is 0.209. The molecule has 0 saturated carbocycles. The van der Waals surface area contributed by atoms with Crippen molar-refractivity contribution < 1.29 is 9.84 Å². The molecule has 1 aromatic carbocycles. The number of ether oxygens (including phenoxy) is 1. The van der Waals surface area contributed by atoms with Gasteiger partial charge in [-0.1, -0.05) is 6.92 Å². The number of aromatic nitrogens is 2. The predicted octanol–water partition coefficient (Wildman–Crippen LogP) is 1.32. The topological polar surface area (TPSA) is 62.6 Å². The van der Waals surface area contributed by atoms with Crippen molar-refractivity contribution in [3.05, 3.63) is 29.6 Å². The van der Waals surface area contributed by atoms with Gasteiger partial charge in [-0.15, -0.1) is 0 Å². The monoisotopic (exact) mass is 346 g/mol. The molecule has 1 aliphatic heterocycles. The number of benzene rings is 1. The molecular formula is C19H30N4O2. The zero-order chi connectivity index (χ0) is 17.8. The van der Waals surface area contributed by atoms with Gasteiger partial charge in [0, 0.05) is 26.2 Å². The molecule has 0 aliphatic carbocycles. The first-order valence-electron chi connectivity index (χ1n) is 9.21. The van der Waals surface area contributed by atoms with E-state index < -0.39 is 6.10 Å². The lowest BCUT2D eigenvalue weighted by atomic mass is 10.1. The van der Waals surface area contributed by atoms with Crippen molar-refractivity contribution in [3.63, 3.8) is 0 Å². The summed E-state index contributed by atoms with van der Waals surface area (Å²) in [7, 11) is 0. The van der Waals surface area contributed by atoms with E-state index in [1.165, 1.54) is 11.1 Å². The van der Waals surface area contributed by atoms with Crippen LogP contribution in [0.1, 0.15) is 18.1 Å². The maximum Gasteiger partial charge on any atom is 0.0959 e. The molecule has 0 unspecified atom stereocenters. The van der Waals surface area contributed by atoms with E-state index in [1.807, 2.05) is 10.9 Å². The van der Waals surface area contributed by atoms with E-state index in [0.717, 1.165) is 43.8 Å². The lowest BCUT2D eigenvalue weighted by Crippen LogP contribution is -2.47. The number of rotatable bonds is 7. The molecule has 138 valence electrons. The van der Waals surface area contributed by atoms with Crippen molar-refractivity contribution in [3.8, 4) is 0 Å². The van der Waals surface area contributed by atoms with Gasteiger partial charge < -0.3 is 19.7 Å². The van der Waals surface area contributed by atoms with Crippen LogP contribution in [0.15, 0.2) is 18.5 Å². The molecule has 2 N–H and O–H groups in total. The highest BCUT2D eigenvalue weighted by molar-refractivity contribution is 5.77. The second kappa shape index (κ2) is 8.27. The summed E-state index contributed by atoms with van der Waals surface area (Å²) >= 11 is 0. The van der Waals surface area contributed by atoms with E-state index in [0.29, 0.717) is 13.1 Å². The van der Waals surface area contributed by atoms with E-state index in [1.54, 1.807) is 0 Å². The van der Waals surface area contributed by atoms with Crippen LogP contribution in [0, 0.1) is 13.8 Å². The third kappa shape index (κ3) is 4.58. The van der Waals surface area contributed by atoms with Gasteiger partial charge in [-0.3, -0.25) is 4.90 Å². The summed E-state index contributed by atoms with van der Waals surface area (Å²) < 4.78 is 7.81. The number of nitrogens with one attached hydrogen (secondary N) is 1. The molecule has 0 bridgehead atoms. The van der Waals surface area contributed by atoms with Crippen LogP contribution in [0.3, 0.4) is 0 Å². The molecule has 1 fully saturated rings.